The van der Waals surface area contributed by atoms with Gasteiger partial charge in [0.05, 0.1) is 15.5 Å². The van der Waals surface area contributed by atoms with Gasteiger partial charge in [0.15, 0.2) is 6.61 Å². The Hall–Kier alpha value is -1.64. The molecule has 2 rings (SSSR count). The Morgan fingerprint density at radius 1 is 1.19 bits per heavy atom. The van der Waals surface area contributed by atoms with E-state index in [-0.39, 0.29) is 21.4 Å². The van der Waals surface area contributed by atoms with Crippen molar-refractivity contribution >= 4 is 33.5 Å². The van der Waals surface area contributed by atoms with Crippen molar-refractivity contribution in [3.05, 3.63) is 28.8 Å². The van der Waals surface area contributed by atoms with Gasteiger partial charge in [0, 0.05) is 26.2 Å². The van der Waals surface area contributed by atoms with Gasteiger partial charge in [0.25, 0.3) is 5.91 Å². The van der Waals surface area contributed by atoms with E-state index in [4.69, 9.17) is 16.3 Å². The van der Waals surface area contributed by atoms with Crippen LogP contribution in [-0.2, 0) is 19.6 Å². The molecule has 26 heavy (non-hydrogen) atoms. The summed E-state index contributed by atoms with van der Waals surface area (Å²) in [6, 6.07) is 3.93. The smallest absolute Gasteiger partial charge is 0.340 e. The predicted molar refractivity (Wildman–Crippen MR) is 97.7 cm³/mol. The fourth-order valence-corrected chi connectivity index (χ4v) is 4.51. The Labute approximate surface area is 158 Å². The van der Waals surface area contributed by atoms with E-state index in [2.05, 4.69) is 0 Å². The first-order valence-electron chi connectivity index (χ1n) is 8.55. The highest BCUT2D eigenvalue weighted by molar-refractivity contribution is 7.89. The molecule has 0 aliphatic carbocycles. The summed E-state index contributed by atoms with van der Waals surface area (Å²) in [4.78, 5) is 25.7. The van der Waals surface area contributed by atoms with Gasteiger partial charge in [-0.1, -0.05) is 11.6 Å². The minimum absolute atomic E-state index is 0.00850. The van der Waals surface area contributed by atoms with Gasteiger partial charge in [-0.25, -0.2) is 13.2 Å². The van der Waals surface area contributed by atoms with Crippen LogP contribution in [0.15, 0.2) is 23.1 Å². The van der Waals surface area contributed by atoms with Crippen LogP contribution in [0.25, 0.3) is 0 Å². The molecule has 0 radical (unpaired) electrons. The maximum absolute atomic E-state index is 12.6. The monoisotopic (exact) mass is 402 g/mol. The van der Waals surface area contributed by atoms with Crippen LogP contribution in [0.5, 0.6) is 0 Å². The van der Waals surface area contributed by atoms with Crippen LogP contribution >= 0.6 is 11.6 Å². The molecule has 1 aromatic carbocycles. The summed E-state index contributed by atoms with van der Waals surface area (Å²) >= 11 is 6.03. The number of amides is 1. The summed E-state index contributed by atoms with van der Waals surface area (Å²) in [5.41, 5.74) is -0.0701. The maximum atomic E-state index is 12.6. The van der Waals surface area contributed by atoms with Crippen molar-refractivity contribution in [2.75, 3.05) is 32.8 Å². The summed E-state index contributed by atoms with van der Waals surface area (Å²) in [6.45, 7) is 5.18. The molecular weight excluding hydrogens is 380 g/mol. The van der Waals surface area contributed by atoms with Crippen LogP contribution < -0.4 is 0 Å². The van der Waals surface area contributed by atoms with Gasteiger partial charge < -0.3 is 9.64 Å². The van der Waals surface area contributed by atoms with Crippen LogP contribution in [0.2, 0.25) is 5.02 Å². The van der Waals surface area contributed by atoms with E-state index < -0.39 is 22.6 Å². The molecule has 0 bridgehead atoms. The van der Waals surface area contributed by atoms with Gasteiger partial charge in [-0.3, -0.25) is 4.79 Å². The molecule has 144 valence electrons. The molecule has 9 heteroatoms. The number of benzene rings is 1. The number of esters is 1. The molecule has 1 aliphatic heterocycles. The Morgan fingerprint density at radius 2 is 1.81 bits per heavy atom. The number of hydrogen-bond acceptors (Lipinski definition) is 5. The van der Waals surface area contributed by atoms with Gasteiger partial charge in [0.2, 0.25) is 10.0 Å². The number of likely N-dealkylation sites (N-methyl/N-ethyl adjacent to an activating group) is 1. The first-order valence-corrected chi connectivity index (χ1v) is 10.4. The van der Waals surface area contributed by atoms with Crippen molar-refractivity contribution in [1.82, 2.24) is 9.21 Å². The van der Waals surface area contributed by atoms with Crippen LogP contribution in [0, 0.1) is 0 Å². The zero-order valence-electron chi connectivity index (χ0n) is 14.9. The highest BCUT2D eigenvalue weighted by Crippen LogP contribution is 2.25. The lowest BCUT2D eigenvalue weighted by Crippen LogP contribution is -2.34. The quantitative estimate of drug-likeness (QED) is 0.652. The molecule has 1 amide bonds. The molecule has 0 saturated carbocycles. The molecule has 1 aliphatic rings. The third kappa shape index (κ3) is 4.55. The van der Waals surface area contributed by atoms with Crippen molar-refractivity contribution in [2.45, 2.75) is 31.6 Å². The maximum Gasteiger partial charge on any atom is 0.340 e. The molecule has 0 unspecified atom stereocenters. The van der Waals surface area contributed by atoms with Crippen molar-refractivity contribution < 1.29 is 22.7 Å². The zero-order chi connectivity index (χ0) is 19.3. The second-order valence-electron chi connectivity index (χ2n) is 5.90. The molecule has 1 fully saturated rings. The van der Waals surface area contributed by atoms with Crippen molar-refractivity contribution in [2.24, 2.45) is 0 Å². The normalized spacial score (nSPS) is 15.0. The summed E-state index contributed by atoms with van der Waals surface area (Å²) in [5.74, 6) is -1.14. The molecule has 1 heterocycles. The number of rotatable bonds is 7. The zero-order valence-corrected chi connectivity index (χ0v) is 16.5. The van der Waals surface area contributed by atoms with Gasteiger partial charge in [-0.05, 0) is 44.9 Å². The van der Waals surface area contributed by atoms with Gasteiger partial charge in [0.1, 0.15) is 0 Å². The summed E-state index contributed by atoms with van der Waals surface area (Å²) in [7, 11) is -3.67. The Bertz CT molecular complexity index is 771. The SMILES string of the molecule is CCN(CC)C(=O)COC(=O)c1cc(S(=O)(=O)N2CCCC2)ccc1Cl. The molecule has 1 aromatic rings. The molecule has 7 nitrogen and oxygen atoms in total. The third-order valence-corrected chi connectivity index (χ3v) is 6.53. The van der Waals surface area contributed by atoms with Crippen molar-refractivity contribution in [3.8, 4) is 0 Å². The standard InChI is InChI=1S/C17H23ClN2O5S/c1-3-19(4-2)16(21)12-25-17(22)14-11-13(7-8-15(14)18)26(23,24)20-9-5-6-10-20/h7-8,11H,3-6,9-10,12H2,1-2H3. The topological polar surface area (TPSA) is 84.0 Å². The lowest BCUT2D eigenvalue weighted by atomic mass is 10.2. The van der Waals surface area contributed by atoms with Gasteiger partial charge >= 0.3 is 5.97 Å². The van der Waals surface area contributed by atoms with E-state index >= 15 is 0 Å². The van der Waals surface area contributed by atoms with Crippen LogP contribution in [0.4, 0.5) is 0 Å². The van der Waals surface area contributed by atoms with E-state index in [9.17, 15) is 18.0 Å². The van der Waals surface area contributed by atoms with E-state index in [1.165, 1.54) is 27.4 Å². The Morgan fingerprint density at radius 3 is 2.38 bits per heavy atom. The molecule has 0 N–H and O–H groups in total. The first-order chi connectivity index (χ1) is 12.3. The number of halogens is 1. The Balaban J connectivity index is 2.16. The van der Waals surface area contributed by atoms with E-state index in [1.807, 2.05) is 13.8 Å². The fraction of sp³-hybridized carbons (Fsp3) is 0.529. The summed E-state index contributed by atoms with van der Waals surface area (Å²) in [5, 5.41) is 0.0747. The van der Waals surface area contributed by atoms with Crippen molar-refractivity contribution in [3.63, 3.8) is 0 Å². The van der Waals surface area contributed by atoms with Crippen molar-refractivity contribution in [1.29, 1.82) is 0 Å². The Kier molecular flexibility index (Phi) is 7.02. The molecule has 0 spiro atoms. The van der Waals surface area contributed by atoms with Crippen LogP contribution in [0.3, 0.4) is 0 Å². The lowest BCUT2D eigenvalue weighted by Gasteiger charge is -2.18. The minimum atomic E-state index is -3.67. The molecular formula is C17H23ClN2O5S. The predicted octanol–water partition coefficient (Wildman–Crippen LogP) is 2.15. The van der Waals surface area contributed by atoms with Gasteiger partial charge in [-0.2, -0.15) is 4.31 Å². The van der Waals surface area contributed by atoms with E-state index in [0.717, 1.165) is 12.8 Å². The molecule has 1 saturated heterocycles. The first kappa shape index (κ1) is 20.7. The molecule has 0 aromatic heterocycles. The highest BCUT2D eigenvalue weighted by atomic mass is 35.5. The number of hydrogen-bond donors (Lipinski definition) is 0. The van der Waals surface area contributed by atoms with Crippen LogP contribution in [0.1, 0.15) is 37.0 Å². The number of ether oxygens (including phenoxy) is 1. The second-order valence-corrected chi connectivity index (χ2v) is 8.24. The molecule has 0 atom stereocenters. The fourth-order valence-electron chi connectivity index (χ4n) is 2.77. The third-order valence-electron chi connectivity index (χ3n) is 4.30. The average Bonchev–Trinajstić information content (AvgIpc) is 3.16. The summed E-state index contributed by atoms with van der Waals surface area (Å²) < 4.78 is 31.7. The number of carbonyl (C=O) groups excluding carboxylic acids is 2. The second kappa shape index (κ2) is 8.83. The number of carbonyl (C=O) groups is 2. The van der Waals surface area contributed by atoms with E-state index in [0.29, 0.717) is 26.2 Å². The number of sulfonamides is 1. The minimum Gasteiger partial charge on any atom is -0.452 e. The summed E-state index contributed by atoms with van der Waals surface area (Å²) in [6.07, 6.45) is 1.63. The average molecular weight is 403 g/mol. The van der Waals surface area contributed by atoms with Crippen LogP contribution in [-0.4, -0.2) is 62.3 Å². The number of nitrogens with zero attached hydrogens (tertiary/aromatic N) is 2. The lowest BCUT2D eigenvalue weighted by molar-refractivity contribution is -0.134. The highest BCUT2D eigenvalue weighted by Gasteiger charge is 2.28. The largest absolute Gasteiger partial charge is 0.452 e. The van der Waals surface area contributed by atoms with E-state index in [1.54, 1.807) is 0 Å². The van der Waals surface area contributed by atoms with Gasteiger partial charge in [-0.15, -0.1) is 0 Å².